The predicted octanol–water partition coefficient (Wildman–Crippen LogP) is 3.11. The molecule has 0 bridgehead atoms. The number of alkyl halides is 1. The second-order valence-corrected chi connectivity index (χ2v) is 5.32. The van der Waals surface area contributed by atoms with Crippen LogP contribution in [0.15, 0.2) is 12.3 Å². The summed E-state index contributed by atoms with van der Waals surface area (Å²) in [6, 6.07) is 3.09. The lowest BCUT2D eigenvalue weighted by Gasteiger charge is -2.21. The van der Waals surface area contributed by atoms with Gasteiger partial charge in [-0.05, 0) is 25.8 Å². The van der Waals surface area contributed by atoms with Crippen molar-refractivity contribution in [1.82, 2.24) is 15.1 Å². The standard InChI is InChI=1S/C13H22ClN3/c1-11(9-14)15-10-12-7-8-17(16-12)13-5-3-2-4-6-13/h7-8,11,13,15H,2-6,9-10H2,1H3. The molecule has 1 aliphatic rings. The third kappa shape index (κ3) is 3.71. The lowest BCUT2D eigenvalue weighted by atomic mass is 9.96. The molecule has 1 N–H and O–H groups in total. The maximum atomic E-state index is 5.76. The zero-order valence-electron chi connectivity index (χ0n) is 10.5. The largest absolute Gasteiger partial charge is 0.307 e. The van der Waals surface area contributed by atoms with Crippen molar-refractivity contribution in [3.63, 3.8) is 0 Å². The van der Waals surface area contributed by atoms with Crippen molar-refractivity contribution in [2.75, 3.05) is 5.88 Å². The van der Waals surface area contributed by atoms with E-state index >= 15 is 0 Å². The average Bonchev–Trinajstić information content (AvgIpc) is 2.86. The number of hydrogen-bond donors (Lipinski definition) is 1. The first-order valence-corrected chi connectivity index (χ1v) is 7.16. The highest BCUT2D eigenvalue weighted by Gasteiger charge is 2.15. The topological polar surface area (TPSA) is 29.9 Å². The Bertz CT molecular complexity index is 331. The Morgan fingerprint density at radius 1 is 1.47 bits per heavy atom. The molecule has 1 aromatic rings. The Kier molecular flexibility index (Phi) is 4.86. The Balaban J connectivity index is 1.86. The summed E-state index contributed by atoms with van der Waals surface area (Å²) in [6.07, 6.45) is 8.78. The first-order valence-electron chi connectivity index (χ1n) is 6.63. The van der Waals surface area contributed by atoms with Crippen molar-refractivity contribution in [2.45, 2.75) is 57.7 Å². The van der Waals surface area contributed by atoms with Crippen molar-refractivity contribution >= 4 is 11.6 Å². The second kappa shape index (κ2) is 6.41. The molecule has 4 heteroatoms. The first kappa shape index (κ1) is 12.9. The van der Waals surface area contributed by atoms with Crippen LogP contribution in [0.3, 0.4) is 0 Å². The molecular weight excluding hydrogens is 234 g/mol. The van der Waals surface area contributed by atoms with Gasteiger partial charge in [0.2, 0.25) is 0 Å². The molecule has 0 amide bonds. The minimum absolute atomic E-state index is 0.344. The first-order chi connectivity index (χ1) is 8.29. The van der Waals surface area contributed by atoms with Crippen molar-refractivity contribution in [2.24, 2.45) is 0 Å². The van der Waals surface area contributed by atoms with E-state index in [-0.39, 0.29) is 0 Å². The zero-order valence-corrected chi connectivity index (χ0v) is 11.3. The van der Waals surface area contributed by atoms with Gasteiger partial charge in [-0.15, -0.1) is 11.6 Å². The van der Waals surface area contributed by atoms with E-state index in [2.05, 4.69) is 34.3 Å². The number of nitrogens with one attached hydrogen (secondary N) is 1. The van der Waals surface area contributed by atoms with Crippen LogP contribution in [0.5, 0.6) is 0 Å². The number of aromatic nitrogens is 2. The van der Waals surface area contributed by atoms with Gasteiger partial charge in [0.1, 0.15) is 0 Å². The van der Waals surface area contributed by atoms with E-state index in [4.69, 9.17) is 11.6 Å². The van der Waals surface area contributed by atoms with Crippen LogP contribution in [-0.4, -0.2) is 21.7 Å². The van der Waals surface area contributed by atoms with Gasteiger partial charge >= 0.3 is 0 Å². The summed E-state index contributed by atoms with van der Waals surface area (Å²) >= 11 is 5.76. The average molecular weight is 256 g/mol. The fraction of sp³-hybridized carbons (Fsp3) is 0.769. The van der Waals surface area contributed by atoms with Crippen molar-refractivity contribution < 1.29 is 0 Å². The summed E-state index contributed by atoms with van der Waals surface area (Å²) in [5, 5.41) is 8.01. The van der Waals surface area contributed by atoms with E-state index in [0.717, 1.165) is 12.2 Å². The molecule has 1 atom stereocenters. The van der Waals surface area contributed by atoms with E-state index in [0.29, 0.717) is 18.0 Å². The summed E-state index contributed by atoms with van der Waals surface area (Å²) in [5.41, 5.74) is 1.12. The molecule has 0 aromatic carbocycles. The molecule has 1 heterocycles. The van der Waals surface area contributed by atoms with Crippen LogP contribution in [0.4, 0.5) is 0 Å². The van der Waals surface area contributed by atoms with Crippen LogP contribution in [0.25, 0.3) is 0 Å². The molecule has 3 nitrogen and oxygen atoms in total. The Morgan fingerprint density at radius 2 is 2.24 bits per heavy atom. The van der Waals surface area contributed by atoms with Crippen LogP contribution in [-0.2, 0) is 6.54 Å². The van der Waals surface area contributed by atoms with E-state index in [1.807, 2.05) is 0 Å². The molecule has 0 aliphatic heterocycles. The molecule has 1 aromatic heterocycles. The van der Waals surface area contributed by atoms with Gasteiger partial charge in [0.15, 0.2) is 0 Å². The minimum Gasteiger partial charge on any atom is -0.307 e. The summed E-state index contributed by atoms with van der Waals surface area (Å²) in [7, 11) is 0. The van der Waals surface area contributed by atoms with Crippen molar-refractivity contribution in [3.8, 4) is 0 Å². The predicted molar refractivity (Wildman–Crippen MR) is 71.4 cm³/mol. The van der Waals surface area contributed by atoms with Gasteiger partial charge in [-0.2, -0.15) is 5.10 Å². The molecule has 1 saturated carbocycles. The molecule has 1 unspecified atom stereocenters. The van der Waals surface area contributed by atoms with Gasteiger partial charge in [-0.25, -0.2) is 0 Å². The molecule has 2 rings (SSSR count). The van der Waals surface area contributed by atoms with Gasteiger partial charge in [0.25, 0.3) is 0 Å². The van der Waals surface area contributed by atoms with Crippen LogP contribution < -0.4 is 5.32 Å². The molecule has 17 heavy (non-hydrogen) atoms. The number of hydrogen-bond acceptors (Lipinski definition) is 2. The fourth-order valence-electron chi connectivity index (χ4n) is 2.35. The smallest absolute Gasteiger partial charge is 0.0762 e. The monoisotopic (exact) mass is 255 g/mol. The third-order valence-corrected chi connectivity index (χ3v) is 3.94. The highest BCUT2D eigenvalue weighted by Crippen LogP contribution is 2.27. The van der Waals surface area contributed by atoms with E-state index in [9.17, 15) is 0 Å². The Labute approximate surface area is 109 Å². The van der Waals surface area contributed by atoms with E-state index in [1.165, 1.54) is 32.1 Å². The SMILES string of the molecule is CC(CCl)NCc1ccn(C2CCCCC2)n1. The number of halogens is 1. The molecule has 0 saturated heterocycles. The summed E-state index contributed by atoms with van der Waals surface area (Å²) in [6.45, 7) is 2.90. The van der Waals surface area contributed by atoms with Gasteiger partial charge in [-0.3, -0.25) is 4.68 Å². The lowest BCUT2D eigenvalue weighted by Crippen LogP contribution is -2.27. The second-order valence-electron chi connectivity index (χ2n) is 5.02. The normalized spacial score (nSPS) is 19.4. The van der Waals surface area contributed by atoms with Gasteiger partial charge < -0.3 is 5.32 Å². The maximum absolute atomic E-state index is 5.76. The summed E-state index contributed by atoms with van der Waals surface area (Å²) < 4.78 is 2.15. The Morgan fingerprint density at radius 3 is 2.94 bits per heavy atom. The quantitative estimate of drug-likeness (QED) is 0.820. The van der Waals surface area contributed by atoms with Crippen molar-refractivity contribution in [1.29, 1.82) is 0 Å². The maximum Gasteiger partial charge on any atom is 0.0762 e. The van der Waals surface area contributed by atoms with Crippen molar-refractivity contribution in [3.05, 3.63) is 18.0 Å². The molecular formula is C13H22ClN3. The van der Waals surface area contributed by atoms with Gasteiger partial charge in [0.05, 0.1) is 11.7 Å². The van der Waals surface area contributed by atoms with E-state index in [1.54, 1.807) is 0 Å². The lowest BCUT2D eigenvalue weighted by molar-refractivity contribution is 0.327. The van der Waals surface area contributed by atoms with Crippen LogP contribution in [0.2, 0.25) is 0 Å². The molecule has 1 fully saturated rings. The van der Waals surface area contributed by atoms with Crippen LogP contribution in [0, 0.1) is 0 Å². The highest BCUT2D eigenvalue weighted by molar-refractivity contribution is 6.18. The zero-order chi connectivity index (χ0) is 12.1. The third-order valence-electron chi connectivity index (χ3n) is 3.48. The summed E-state index contributed by atoms with van der Waals surface area (Å²) in [5.74, 6) is 0.642. The fourth-order valence-corrected chi connectivity index (χ4v) is 2.46. The molecule has 1 aliphatic carbocycles. The number of rotatable bonds is 5. The molecule has 0 radical (unpaired) electrons. The Hall–Kier alpha value is -0.540. The molecule has 0 spiro atoms. The van der Waals surface area contributed by atoms with E-state index < -0.39 is 0 Å². The van der Waals surface area contributed by atoms with Gasteiger partial charge in [0, 0.05) is 24.7 Å². The van der Waals surface area contributed by atoms with Crippen LogP contribution >= 0.6 is 11.6 Å². The van der Waals surface area contributed by atoms with Gasteiger partial charge in [-0.1, -0.05) is 19.3 Å². The highest BCUT2D eigenvalue weighted by atomic mass is 35.5. The number of nitrogens with zero attached hydrogens (tertiary/aromatic N) is 2. The van der Waals surface area contributed by atoms with Crippen LogP contribution in [0.1, 0.15) is 50.8 Å². The minimum atomic E-state index is 0.344. The molecule has 96 valence electrons. The summed E-state index contributed by atoms with van der Waals surface area (Å²) in [4.78, 5) is 0.